The molecule has 1 spiro atoms. The van der Waals surface area contributed by atoms with Crippen LogP contribution in [0.5, 0.6) is 0 Å². The Labute approximate surface area is 167 Å². The number of aliphatic hydroxyl groups excluding tert-OH is 3. The van der Waals surface area contributed by atoms with Gasteiger partial charge in [-0.1, -0.05) is 13.8 Å². The van der Waals surface area contributed by atoms with E-state index in [1.54, 1.807) is 0 Å². The Balaban J connectivity index is 1.70. The van der Waals surface area contributed by atoms with E-state index in [-0.39, 0.29) is 47.8 Å². The van der Waals surface area contributed by atoms with Gasteiger partial charge in [0.2, 0.25) is 0 Å². The summed E-state index contributed by atoms with van der Waals surface area (Å²) in [6.07, 6.45) is 4.00. The molecule has 6 nitrogen and oxygen atoms in total. The summed E-state index contributed by atoms with van der Waals surface area (Å²) in [5.74, 6) is -0.221. The smallest absolute Gasteiger partial charge is 0.302 e. The zero-order valence-electron chi connectivity index (χ0n) is 17.4. The first-order valence-electron chi connectivity index (χ1n) is 10.9. The minimum atomic E-state index is -1.02. The van der Waals surface area contributed by atoms with Crippen molar-refractivity contribution in [3.05, 3.63) is 0 Å². The molecule has 0 aliphatic heterocycles. The number of carbonyl (C=O) groups excluding carboxylic acids is 1. The summed E-state index contributed by atoms with van der Waals surface area (Å²) in [6, 6.07) is 0. The van der Waals surface area contributed by atoms with E-state index < -0.39 is 23.2 Å². The van der Waals surface area contributed by atoms with Gasteiger partial charge in [-0.25, -0.2) is 0 Å². The highest BCUT2D eigenvalue weighted by atomic mass is 16.5. The first kappa shape index (κ1) is 20.6. The van der Waals surface area contributed by atoms with Crippen LogP contribution >= 0.6 is 0 Å². The normalized spacial score (nSPS) is 55.3. The molecule has 0 amide bonds. The molecule has 4 aliphatic rings. The zero-order valence-corrected chi connectivity index (χ0v) is 17.4. The Bertz CT molecular complexity index is 653. The SMILES string of the molecule is CC(=O)OCC1(O)CCC23CC1CC2C(O)CC1C(C)(CO)C(O)CCC13C. The molecule has 0 aromatic rings. The lowest BCUT2D eigenvalue weighted by molar-refractivity contribution is -0.237. The molecular weight excluding hydrogens is 360 g/mol. The van der Waals surface area contributed by atoms with Gasteiger partial charge in [-0.3, -0.25) is 4.79 Å². The van der Waals surface area contributed by atoms with E-state index in [1.807, 2.05) is 6.92 Å². The van der Waals surface area contributed by atoms with Crippen LogP contribution in [0.4, 0.5) is 0 Å². The third-order valence-corrected chi connectivity index (χ3v) is 9.83. The van der Waals surface area contributed by atoms with Crippen LogP contribution in [0.3, 0.4) is 0 Å². The lowest BCUT2D eigenvalue weighted by Gasteiger charge is -2.67. The number of fused-ring (bicyclic) bond motifs is 2. The van der Waals surface area contributed by atoms with Crippen molar-refractivity contribution in [2.45, 2.75) is 83.5 Å². The van der Waals surface area contributed by atoms with Gasteiger partial charge in [0.05, 0.1) is 18.8 Å². The molecule has 9 unspecified atom stereocenters. The van der Waals surface area contributed by atoms with E-state index in [0.29, 0.717) is 19.3 Å². The van der Waals surface area contributed by atoms with Crippen LogP contribution in [0.25, 0.3) is 0 Å². The van der Waals surface area contributed by atoms with Gasteiger partial charge in [0.25, 0.3) is 0 Å². The molecule has 0 saturated heterocycles. The molecule has 2 bridgehead atoms. The second-order valence-electron chi connectivity index (χ2n) is 10.8. The van der Waals surface area contributed by atoms with E-state index in [9.17, 15) is 25.2 Å². The highest BCUT2D eigenvalue weighted by Gasteiger charge is 2.72. The van der Waals surface area contributed by atoms with E-state index in [0.717, 1.165) is 25.7 Å². The molecule has 9 atom stereocenters. The lowest BCUT2D eigenvalue weighted by Crippen LogP contribution is -2.65. The van der Waals surface area contributed by atoms with Gasteiger partial charge < -0.3 is 25.2 Å². The van der Waals surface area contributed by atoms with Gasteiger partial charge in [0.15, 0.2) is 0 Å². The van der Waals surface area contributed by atoms with E-state index in [2.05, 4.69) is 6.92 Å². The highest BCUT2D eigenvalue weighted by Crippen LogP contribution is 2.75. The summed E-state index contributed by atoms with van der Waals surface area (Å²) in [6.45, 7) is 5.58. The maximum absolute atomic E-state index is 11.3. The molecule has 0 aromatic heterocycles. The quantitative estimate of drug-likeness (QED) is 0.540. The lowest BCUT2D eigenvalue weighted by atomic mass is 9.38. The van der Waals surface area contributed by atoms with Crippen molar-refractivity contribution in [3.8, 4) is 0 Å². The van der Waals surface area contributed by atoms with Crippen molar-refractivity contribution in [2.24, 2.45) is 34.0 Å². The summed E-state index contributed by atoms with van der Waals surface area (Å²) in [5.41, 5.74) is -1.82. The van der Waals surface area contributed by atoms with Crippen molar-refractivity contribution in [2.75, 3.05) is 13.2 Å². The van der Waals surface area contributed by atoms with Gasteiger partial charge >= 0.3 is 5.97 Å². The molecule has 6 heteroatoms. The summed E-state index contributed by atoms with van der Waals surface area (Å²) < 4.78 is 5.19. The molecule has 4 N–H and O–H groups in total. The fourth-order valence-electron chi connectivity index (χ4n) is 8.08. The number of esters is 1. The summed E-state index contributed by atoms with van der Waals surface area (Å²) >= 11 is 0. The van der Waals surface area contributed by atoms with Gasteiger partial charge in [0.1, 0.15) is 12.2 Å². The van der Waals surface area contributed by atoms with Gasteiger partial charge in [0, 0.05) is 12.3 Å². The monoisotopic (exact) mass is 396 g/mol. The summed E-state index contributed by atoms with van der Waals surface area (Å²) in [5, 5.41) is 43.3. The molecule has 28 heavy (non-hydrogen) atoms. The third kappa shape index (κ3) is 2.50. The van der Waals surface area contributed by atoms with Crippen LogP contribution in [-0.2, 0) is 9.53 Å². The minimum absolute atomic E-state index is 0.00283. The molecule has 0 heterocycles. The number of aliphatic hydroxyl groups is 4. The van der Waals surface area contributed by atoms with Gasteiger partial charge in [-0.2, -0.15) is 0 Å². The third-order valence-electron chi connectivity index (χ3n) is 9.83. The zero-order chi connectivity index (χ0) is 20.5. The number of rotatable bonds is 3. The maximum Gasteiger partial charge on any atom is 0.302 e. The Morgan fingerprint density at radius 3 is 2.50 bits per heavy atom. The minimum Gasteiger partial charge on any atom is -0.463 e. The fourth-order valence-corrected chi connectivity index (χ4v) is 8.08. The molecule has 0 radical (unpaired) electrons. The summed E-state index contributed by atoms with van der Waals surface area (Å²) in [4.78, 5) is 11.3. The van der Waals surface area contributed by atoms with Crippen LogP contribution in [0.1, 0.15) is 65.7 Å². The molecule has 160 valence electrons. The molecule has 0 aromatic carbocycles. The first-order chi connectivity index (χ1) is 13.0. The van der Waals surface area contributed by atoms with Crippen molar-refractivity contribution in [1.82, 2.24) is 0 Å². The standard InChI is InChI=1S/C22H36O6/c1-13(24)28-12-22(27)7-6-21-10-14(22)8-15(21)16(25)9-17-19(2,11-23)18(26)4-5-20(17,21)3/h14-18,23,25-27H,4-12H2,1-3H3. The van der Waals surface area contributed by atoms with Gasteiger partial charge in [-0.15, -0.1) is 0 Å². The topological polar surface area (TPSA) is 107 Å². The maximum atomic E-state index is 11.3. The van der Waals surface area contributed by atoms with Crippen molar-refractivity contribution in [1.29, 1.82) is 0 Å². The Kier molecular flexibility index (Phi) is 4.70. The first-order valence-corrected chi connectivity index (χ1v) is 10.9. The molecule has 4 fully saturated rings. The Hall–Kier alpha value is -0.690. The molecule has 4 rings (SSSR count). The number of hydrogen-bond acceptors (Lipinski definition) is 6. The number of hydrogen-bond donors (Lipinski definition) is 4. The van der Waals surface area contributed by atoms with Gasteiger partial charge in [-0.05, 0) is 73.5 Å². The average molecular weight is 397 g/mol. The summed E-state index contributed by atoms with van der Waals surface area (Å²) in [7, 11) is 0. The van der Waals surface area contributed by atoms with Crippen LogP contribution in [0.15, 0.2) is 0 Å². The van der Waals surface area contributed by atoms with Crippen LogP contribution in [0.2, 0.25) is 0 Å². The number of carbonyl (C=O) groups is 1. The second-order valence-corrected chi connectivity index (χ2v) is 10.8. The molecule has 4 saturated carbocycles. The highest BCUT2D eigenvalue weighted by molar-refractivity contribution is 5.66. The van der Waals surface area contributed by atoms with Crippen molar-refractivity contribution < 1.29 is 30.0 Å². The number of ether oxygens (including phenoxy) is 1. The Morgan fingerprint density at radius 2 is 1.86 bits per heavy atom. The average Bonchev–Trinajstić information content (AvgIpc) is 3.02. The van der Waals surface area contributed by atoms with Crippen LogP contribution < -0.4 is 0 Å². The Morgan fingerprint density at radius 1 is 1.14 bits per heavy atom. The molecule has 4 aliphatic carbocycles. The largest absolute Gasteiger partial charge is 0.463 e. The molecular formula is C22H36O6. The van der Waals surface area contributed by atoms with Crippen molar-refractivity contribution in [3.63, 3.8) is 0 Å². The van der Waals surface area contributed by atoms with Crippen LogP contribution in [-0.4, -0.2) is 57.4 Å². The van der Waals surface area contributed by atoms with E-state index in [1.165, 1.54) is 6.92 Å². The van der Waals surface area contributed by atoms with Crippen LogP contribution in [0, 0.1) is 34.0 Å². The van der Waals surface area contributed by atoms with E-state index in [4.69, 9.17) is 4.74 Å². The second kappa shape index (κ2) is 6.40. The van der Waals surface area contributed by atoms with E-state index >= 15 is 0 Å². The predicted octanol–water partition coefficient (Wildman–Crippen LogP) is 1.63. The fraction of sp³-hybridized carbons (Fsp3) is 0.955. The van der Waals surface area contributed by atoms with Crippen molar-refractivity contribution >= 4 is 5.97 Å². The predicted molar refractivity (Wildman–Crippen MR) is 102 cm³/mol.